The second kappa shape index (κ2) is 7.98. The lowest BCUT2D eigenvalue weighted by Gasteiger charge is -2.20. The molecule has 0 saturated heterocycles. The third kappa shape index (κ3) is 4.57. The normalized spacial score (nSPS) is 10.1. The Labute approximate surface area is 135 Å². The van der Waals surface area contributed by atoms with E-state index in [1.54, 1.807) is 17.0 Å². The summed E-state index contributed by atoms with van der Waals surface area (Å²) in [6.45, 7) is 2.49. The predicted octanol–water partition coefficient (Wildman–Crippen LogP) is 2.60. The molecule has 0 radical (unpaired) electrons. The lowest BCUT2D eigenvalue weighted by Crippen LogP contribution is -2.34. The number of phenolic OH excluding ortho intramolecular Hbond substituents is 1. The van der Waals surface area contributed by atoms with Crippen LogP contribution in [0.3, 0.4) is 0 Å². The number of esters is 1. The number of benzene rings is 2. The highest BCUT2D eigenvalue weighted by molar-refractivity contribution is 5.93. The Balaban J connectivity index is 1.92. The minimum Gasteiger partial charge on any atom is -0.507 e. The minimum absolute atomic E-state index is 0.0476. The number of para-hydroxylation sites is 1. The summed E-state index contributed by atoms with van der Waals surface area (Å²) in [5.74, 6) is -1.16. The minimum atomic E-state index is -0.716. The van der Waals surface area contributed by atoms with E-state index in [9.17, 15) is 14.7 Å². The van der Waals surface area contributed by atoms with Crippen molar-refractivity contribution in [1.29, 1.82) is 0 Å². The van der Waals surface area contributed by atoms with Crippen molar-refractivity contribution in [3.05, 3.63) is 65.7 Å². The fourth-order valence-electron chi connectivity index (χ4n) is 2.12. The van der Waals surface area contributed by atoms with E-state index >= 15 is 0 Å². The number of carbonyl (C=O) groups excluding carboxylic acids is 2. The molecule has 0 aliphatic carbocycles. The summed E-state index contributed by atoms with van der Waals surface area (Å²) in [5, 5.41) is 9.60. The molecule has 5 nitrogen and oxygen atoms in total. The Morgan fingerprint density at radius 2 is 1.70 bits per heavy atom. The molecule has 0 fully saturated rings. The fourth-order valence-corrected chi connectivity index (χ4v) is 2.12. The largest absolute Gasteiger partial charge is 0.507 e. The number of aromatic hydroxyl groups is 1. The van der Waals surface area contributed by atoms with Crippen molar-refractivity contribution in [2.45, 2.75) is 13.5 Å². The van der Waals surface area contributed by atoms with Gasteiger partial charge in [0.15, 0.2) is 6.61 Å². The summed E-state index contributed by atoms with van der Waals surface area (Å²) in [4.78, 5) is 25.7. The van der Waals surface area contributed by atoms with E-state index in [0.717, 1.165) is 5.56 Å². The van der Waals surface area contributed by atoms with Crippen molar-refractivity contribution in [2.24, 2.45) is 0 Å². The van der Waals surface area contributed by atoms with Crippen LogP contribution in [0, 0.1) is 0 Å². The SMILES string of the molecule is CCN(Cc1ccccc1)C(=O)COC(=O)c1ccccc1O. The summed E-state index contributed by atoms with van der Waals surface area (Å²) >= 11 is 0. The van der Waals surface area contributed by atoms with E-state index in [0.29, 0.717) is 13.1 Å². The highest BCUT2D eigenvalue weighted by Gasteiger charge is 2.17. The zero-order chi connectivity index (χ0) is 16.7. The van der Waals surface area contributed by atoms with Crippen molar-refractivity contribution >= 4 is 11.9 Å². The summed E-state index contributed by atoms with van der Waals surface area (Å²) in [7, 11) is 0. The molecule has 0 atom stereocenters. The van der Waals surface area contributed by atoms with Crippen LogP contribution < -0.4 is 0 Å². The van der Waals surface area contributed by atoms with Gasteiger partial charge in [-0.15, -0.1) is 0 Å². The van der Waals surface area contributed by atoms with Crippen LogP contribution in [0.5, 0.6) is 5.75 Å². The standard InChI is InChI=1S/C18H19NO4/c1-2-19(12-14-8-4-3-5-9-14)17(21)13-23-18(22)15-10-6-7-11-16(15)20/h3-11,20H,2,12-13H2,1H3. The van der Waals surface area contributed by atoms with Gasteiger partial charge in [0, 0.05) is 13.1 Å². The summed E-state index contributed by atoms with van der Waals surface area (Å²) < 4.78 is 5.00. The number of phenols is 1. The van der Waals surface area contributed by atoms with Crippen LogP contribution in [-0.2, 0) is 16.1 Å². The highest BCUT2D eigenvalue weighted by Crippen LogP contribution is 2.16. The highest BCUT2D eigenvalue weighted by atomic mass is 16.5. The van der Waals surface area contributed by atoms with Gasteiger partial charge in [0.25, 0.3) is 5.91 Å². The first-order valence-corrected chi connectivity index (χ1v) is 7.38. The van der Waals surface area contributed by atoms with Crippen molar-refractivity contribution in [2.75, 3.05) is 13.2 Å². The van der Waals surface area contributed by atoms with Crippen molar-refractivity contribution in [3.63, 3.8) is 0 Å². The van der Waals surface area contributed by atoms with Gasteiger partial charge < -0.3 is 14.7 Å². The van der Waals surface area contributed by atoms with Gasteiger partial charge in [0.05, 0.1) is 0 Å². The topological polar surface area (TPSA) is 66.8 Å². The molecule has 1 N–H and O–H groups in total. The second-order valence-corrected chi connectivity index (χ2v) is 4.99. The maximum Gasteiger partial charge on any atom is 0.342 e. The van der Waals surface area contributed by atoms with Gasteiger partial charge in [0.1, 0.15) is 11.3 Å². The van der Waals surface area contributed by atoms with Gasteiger partial charge >= 0.3 is 5.97 Å². The predicted molar refractivity (Wildman–Crippen MR) is 85.9 cm³/mol. The molecule has 23 heavy (non-hydrogen) atoms. The number of hydrogen-bond donors (Lipinski definition) is 1. The lowest BCUT2D eigenvalue weighted by molar-refractivity contribution is -0.134. The van der Waals surface area contributed by atoms with Crippen LogP contribution in [-0.4, -0.2) is 35.0 Å². The summed E-state index contributed by atoms with van der Waals surface area (Å²) in [6.07, 6.45) is 0. The molecule has 2 aromatic rings. The zero-order valence-electron chi connectivity index (χ0n) is 12.9. The van der Waals surface area contributed by atoms with Crippen LogP contribution in [0.15, 0.2) is 54.6 Å². The fraction of sp³-hybridized carbons (Fsp3) is 0.222. The average molecular weight is 313 g/mol. The van der Waals surface area contributed by atoms with Gasteiger partial charge in [-0.05, 0) is 24.6 Å². The molecule has 0 unspecified atom stereocenters. The Bertz CT molecular complexity index is 670. The molecule has 2 aromatic carbocycles. The maximum atomic E-state index is 12.2. The molecule has 0 spiro atoms. The van der Waals surface area contributed by atoms with E-state index < -0.39 is 5.97 Å². The van der Waals surface area contributed by atoms with Crippen LogP contribution in [0.25, 0.3) is 0 Å². The van der Waals surface area contributed by atoms with Gasteiger partial charge in [-0.3, -0.25) is 4.79 Å². The third-order valence-corrected chi connectivity index (χ3v) is 3.40. The first-order chi connectivity index (χ1) is 11.1. The number of rotatable bonds is 6. The van der Waals surface area contributed by atoms with E-state index in [-0.39, 0.29) is 23.8 Å². The quantitative estimate of drug-likeness (QED) is 0.832. The Hall–Kier alpha value is -2.82. The molecule has 2 rings (SSSR count). The van der Waals surface area contributed by atoms with E-state index in [4.69, 9.17) is 4.74 Å². The van der Waals surface area contributed by atoms with Crippen molar-refractivity contribution in [1.82, 2.24) is 4.90 Å². The molecule has 0 aliphatic rings. The molecule has 0 bridgehead atoms. The molecule has 0 aliphatic heterocycles. The monoisotopic (exact) mass is 313 g/mol. The first-order valence-electron chi connectivity index (χ1n) is 7.38. The molecule has 0 heterocycles. The Morgan fingerprint density at radius 3 is 2.35 bits per heavy atom. The van der Waals surface area contributed by atoms with Gasteiger partial charge in [-0.2, -0.15) is 0 Å². The van der Waals surface area contributed by atoms with Crippen LogP contribution in [0.2, 0.25) is 0 Å². The molecular formula is C18H19NO4. The number of amides is 1. The molecular weight excluding hydrogens is 294 g/mol. The van der Waals surface area contributed by atoms with Gasteiger partial charge in [-0.1, -0.05) is 42.5 Å². The van der Waals surface area contributed by atoms with Crippen LogP contribution in [0.4, 0.5) is 0 Å². The van der Waals surface area contributed by atoms with Crippen molar-refractivity contribution in [3.8, 4) is 5.75 Å². The number of ether oxygens (including phenoxy) is 1. The maximum absolute atomic E-state index is 12.2. The second-order valence-electron chi connectivity index (χ2n) is 4.99. The van der Waals surface area contributed by atoms with Crippen LogP contribution >= 0.6 is 0 Å². The Morgan fingerprint density at radius 1 is 1.04 bits per heavy atom. The number of hydrogen-bond acceptors (Lipinski definition) is 4. The third-order valence-electron chi connectivity index (χ3n) is 3.40. The molecule has 120 valence electrons. The molecule has 5 heteroatoms. The lowest BCUT2D eigenvalue weighted by atomic mass is 10.2. The molecule has 0 aromatic heterocycles. The Kier molecular flexibility index (Phi) is 5.74. The van der Waals surface area contributed by atoms with E-state index in [1.165, 1.54) is 12.1 Å². The van der Waals surface area contributed by atoms with Gasteiger partial charge in [-0.25, -0.2) is 4.79 Å². The molecule has 0 saturated carbocycles. The van der Waals surface area contributed by atoms with Gasteiger partial charge in [0.2, 0.25) is 0 Å². The van der Waals surface area contributed by atoms with E-state index in [2.05, 4.69) is 0 Å². The summed E-state index contributed by atoms with van der Waals surface area (Å²) in [5.41, 5.74) is 1.06. The van der Waals surface area contributed by atoms with E-state index in [1.807, 2.05) is 37.3 Å². The number of likely N-dealkylation sites (N-methyl/N-ethyl adjacent to an activating group) is 1. The number of carbonyl (C=O) groups is 2. The number of nitrogens with zero attached hydrogens (tertiary/aromatic N) is 1. The average Bonchev–Trinajstić information content (AvgIpc) is 2.58. The first kappa shape index (κ1) is 16.5. The van der Waals surface area contributed by atoms with Crippen molar-refractivity contribution < 1.29 is 19.4 Å². The molecule has 1 amide bonds. The van der Waals surface area contributed by atoms with Crippen LogP contribution in [0.1, 0.15) is 22.8 Å². The zero-order valence-corrected chi connectivity index (χ0v) is 12.9. The summed E-state index contributed by atoms with van der Waals surface area (Å²) in [6, 6.07) is 15.7. The smallest absolute Gasteiger partial charge is 0.342 e.